The normalized spacial score (nSPS) is 14.8. The summed E-state index contributed by atoms with van der Waals surface area (Å²) in [6, 6.07) is 12.5. The van der Waals surface area contributed by atoms with Crippen molar-refractivity contribution in [3.05, 3.63) is 64.2 Å². The summed E-state index contributed by atoms with van der Waals surface area (Å²) in [6.45, 7) is 4.94. The van der Waals surface area contributed by atoms with E-state index in [-0.39, 0.29) is 0 Å². The number of aryl methyl sites for hydroxylation is 2. The number of hydrogen-bond acceptors (Lipinski definition) is 2. The van der Waals surface area contributed by atoms with Crippen LogP contribution in [0.5, 0.6) is 5.75 Å². The molecule has 1 aliphatic heterocycles. The van der Waals surface area contributed by atoms with E-state index in [0.29, 0.717) is 6.42 Å². The standard InChI is InChI=1S/C18H20O2/c1-12-7-13(2)9-14(8-12)10-17(19)15-3-4-18-16(11-15)5-6-20-18/h3-4,7-9,11,17,19H,5-6,10H2,1-2H3. The van der Waals surface area contributed by atoms with Crippen molar-refractivity contribution in [3.63, 3.8) is 0 Å². The molecule has 20 heavy (non-hydrogen) atoms. The van der Waals surface area contributed by atoms with Crippen LogP contribution in [0.1, 0.15) is 33.9 Å². The minimum absolute atomic E-state index is 0.456. The maximum absolute atomic E-state index is 10.4. The van der Waals surface area contributed by atoms with Gasteiger partial charge in [-0.3, -0.25) is 0 Å². The molecule has 0 amide bonds. The summed E-state index contributed by atoms with van der Waals surface area (Å²) < 4.78 is 5.50. The predicted octanol–water partition coefficient (Wildman–Crippen LogP) is 3.51. The molecule has 0 bridgehead atoms. The van der Waals surface area contributed by atoms with E-state index in [1.54, 1.807) is 0 Å². The van der Waals surface area contributed by atoms with Crippen molar-refractivity contribution in [2.45, 2.75) is 32.8 Å². The summed E-state index contributed by atoms with van der Waals surface area (Å²) in [4.78, 5) is 0. The Morgan fingerprint density at radius 3 is 2.60 bits per heavy atom. The number of benzene rings is 2. The monoisotopic (exact) mass is 268 g/mol. The van der Waals surface area contributed by atoms with E-state index in [9.17, 15) is 5.11 Å². The molecule has 1 N–H and O–H groups in total. The van der Waals surface area contributed by atoms with E-state index in [1.807, 2.05) is 12.1 Å². The van der Waals surface area contributed by atoms with Gasteiger partial charge in [-0.15, -0.1) is 0 Å². The molecule has 0 fully saturated rings. The molecule has 0 spiro atoms. The van der Waals surface area contributed by atoms with Gasteiger partial charge in [0.1, 0.15) is 5.75 Å². The molecule has 2 aromatic rings. The summed E-state index contributed by atoms with van der Waals surface area (Å²) in [5.41, 5.74) is 5.87. The Balaban J connectivity index is 1.80. The van der Waals surface area contributed by atoms with Gasteiger partial charge in [0, 0.05) is 12.8 Å². The minimum Gasteiger partial charge on any atom is -0.493 e. The summed E-state index contributed by atoms with van der Waals surface area (Å²) >= 11 is 0. The van der Waals surface area contributed by atoms with Crippen molar-refractivity contribution in [2.75, 3.05) is 6.61 Å². The molecule has 1 heterocycles. The van der Waals surface area contributed by atoms with Crippen molar-refractivity contribution >= 4 is 0 Å². The van der Waals surface area contributed by atoms with Gasteiger partial charge in [0.25, 0.3) is 0 Å². The number of aliphatic hydroxyl groups excluding tert-OH is 1. The van der Waals surface area contributed by atoms with Gasteiger partial charge in [-0.2, -0.15) is 0 Å². The van der Waals surface area contributed by atoms with E-state index >= 15 is 0 Å². The summed E-state index contributed by atoms with van der Waals surface area (Å²) in [5.74, 6) is 0.965. The fourth-order valence-electron chi connectivity index (χ4n) is 2.94. The highest BCUT2D eigenvalue weighted by Gasteiger charge is 2.16. The van der Waals surface area contributed by atoms with Crippen LogP contribution >= 0.6 is 0 Å². The minimum atomic E-state index is -0.456. The average Bonchev–Trinajstić information content (AvgIpc) is 2.84. The number of aliphatic hydroxyl groups is 1. The Morgan fingerprint density at radius 2 is 1.85 bits per heavy atom. The molecule has 0 radical (unpaired) electrons. The van der Waals surface area contributed by atoms with Crippen LogP contribution in [0.2, 0.25) is 0 Å². The highest BCUT2D eigenvalue weighted by atomic mass is 16.5. The molecule has 104 valence electrons. The second kappa shape index (κ2) is 5.29. The van der Waals surface area contributed by atoms with Gasteiger partial charge in [0.2, 0.25) is 0 Å². The van der Waals surface area contributed by atoms with E-state index in [4.69, 9.17) is 4.74 Å². The fourth-order valence-corrected chi connectivity index (χ4v) is 2.94. The Kier molecular flexibility index (Phi) is 3.49. The first kappa shape index (κ1) is 13.2. The van der Waals surface area contributed by atoms with E-state index in [1.165, 1.54) is 22.3 Å². The van der Waals surface area contributed by atoms with Gasteiger partial charge in [-0.25, -0.2) is 0 Å². The van der Waals surface area contributed by atoms with E-state index < -0.39 is 6.10 Å². The fraction of sp³-hybridized carbons (Fsp3) is 0.333. The van der Waals surface area contributed by atoms with Crippen LogP contribution in [0, 0.1) is 13.8 Å². The van der Waals surface area contributed by atoms with E-state index in [0.717, 1.165) is 24.3 Å². The maximum Gasteiger partial charge on any atom is 0.122 e. The van der Waals surface area contributed by atoms with E-state index in [2.05, 4.69) is 38.1 Å². The quantitative estimate of drug-likeness (QED) is 0.923. The predicted molar refractivity (Wildman–Crippen MR) is 80.2 cm³/mol. The first-order valence-electron chi connectivity index (χ1n) is 7.13. The third-order valence-corrected chi connectivity index (χ3v) is 3.81. The van der Waals surface area contributed by atoms with Gasteiger partial charge in [-0.05, 0) is 42.7 Å². The molecule has 2 nitrogen and oxygen atoms in total. The van der Waals surface area contributed by atoms with Crippen molar-refractivity contribution in [1.29, 1.82) is 0 Å². The smallest absolute Gasteiger partial charge is 0.122 e. The lowest BCUT2D eigenvalue weighted by Gasteiger charge is -2.13. The Morgan fingerprint density at radius 1 is 1.10 bits per heavy atom. The first-order chi connectivity index (χ1) is 9.61. The summed E-state index contributed by atoms with van der Waals surface area (Å²) in [7, 11) is 0. The van der Waals surface area contributed by atoms with Gasteiger partial charge in [0.05, 0.1) is 12.7 Å². The lowest BCUT2D eigenvalue weighted by Crippen LogP contribution is -2.03. The molecule has 3 rings (SSSR count). The Hall–Kier alpha value is -1.80. The SMILES string of the molecule is Cc1cc(C)cc(CC(O)c2ccc3c(c2)CCO3)c1. The van der Waals surface area contributed by atoms with Crippen LogP contribution in [0.15, 0.2) is 36.4 Å². The zero-order valence-electron chi connectivity index (χ0n) is 12.0. The van der Waals surface area contributed by atoms with Gasteiger partial charge in [0.15, 0.2) is 0 Å². The molecular weight excluding hydrogens is 248 g/mol. The van der Waals surface area contributed by atoms with Crippen LogP contribution in [-0.4, -0.2) is 11.7 Å². The average molecular weight is 268 g/mol. The second-order valence-corrected chi connectivity index (χ2v) is 5.68. The van der Waals surface area contributed by atoms with Crippen LogP contribution in [0.25, 0.3) is 0 Å². The molecule has 1 atom stereocenters. The molecule has 1 aliphatic rings. The van der Waals surface area contributed by atoms with Crippen molar-refractivity contribution < 1.29 is 9.84 Å². The molecule has 1 unspecified atom stereocenters. The number of hydrogen-bond donors (Lipinski definition) is 1. The maximum atomic E-state index is 10.4. The number of fused-ring (bicyclic) bond motifs is 1. The first-order valence-corrected chi connectivity index (χ1v) is 7.13. The van der Waals surface area contributed by atoms with Gasteiger partial charge in [-0.1, -0.05) is 35.4 Å². The molecule has 2 aromatic carbocycles. The topological polar surface area (TPSA) is 29.5 Å². The Labute approximate surface area is 120 Å². The third-order valence-electron chi connectivity index (χ3n) is 3.81. The zero-order valence-corrected chi connectivity index (χ0v) is 12.0. The van der Waals surface area contributed by atoms with Crippen molar-refractivity contribution in [2.24, 2.45) is 0 Å². The summed E-state index contributed by atoms with van der Waals surface area (Å²) in [6.07, 6.45) is 1.14. The lowest BCUT2D eigenvalue weighted by molar-refractivity contribution is 0.178. The molecule has 0 aliphatic carbocycles. The molecule has 0 saturated heterocycles. The van der Waals surface area contributed by atoms with Crippen LogP contribution in [0.4, 0.5) is 0 Å². The highest BCUT2D eigenvalue weighted by molar-refractivity contribution is 5.41. The Bertz CT molecular complexity index is 611. The second-order valence-electron chi connectivity index (χ2n) is 5.68. The largest absolute Gasteiger partial charge is 0.493 e. The van der Waals surface area contributed by atoms with Crippen LogP contribution in [-0.2, 0) is 12.8 Å². The lowest BCUT2D eigenvalue weighted by atomic mass is 9.97. The molecule has 0 saturated carbocycles. The van der Waals surface area contributed by atoms with Crippen LogP contribution < -0.4 is 4.74 Å². The van der Waals surface area contributed by atoms with Crippen molar-refractivity contribution in [1.82, 2.24) is 0 Å². The van der Waals surface area contributed by atoms with Crippen LogP contribution in [0.3, 0.4) is 0 Å². The molecule has 2 heteroatoms. The summed E-state index contributed by atoms with van der Waals surface area (Å²) in [5, 5.41) is 10.4. The molecule has 0 aromatic heterocycles. The van der Waals surface area contributed by atoms with Gasteiger partial charge >= 0.3 is 0 Å². The highest BCUT2D eigenvalue weighted by Crippen LogP contribution is 2.29. The molecular formula is C18H20O2. The third kappa shape index (κ3) is 2.70. The number of ether oxygens (including phenoxy) is 1. The number of rotatable bonds is 3. The zero-order chi connectivity index (χ0) is 14.1. The van der Waals surface area contributed by atoms with Gasteiger partial charge < -0.3 is 9.84 Å². The van der Waals surface area contributed by atoms with Crippen molar-refractivity contribution in [3.8, 4) is 5.75 Å².